The Balaban J connectivity index is 1.81. The summed E-state index contributed by atoms with van der Waals surface area (Å²) >= 11 is 0. The lowest BCUT2D eigenvalue weighted by atomic mass is 10.1. The number of aryl methyl sites for hydroxylation is 5. The Morgan fingerprint density at radius 3 is 2.03 bits per heavy atom. The Labute approximate surface area is 202 Å². The summed E-state index contributed by atoms with van der Waals surface area (Å²) in [4.78, 5) is 12.6. The third-order valence-corrected chi connectivity index (χ3v) is 7.02. The maximum atomic E-state index is 12.6. The number of hydrazone groups is 1. The van der Waals surface area contributed by atoms with Gasteiger partial charge in [0.2, 0.25) is 10.0 Å². The van der Waals surface area contributed by atoms with Crippen LogP contribution in [0.1, 0.15) is 39.2 Å². The highest BCUT2D eigenvalue weighted by Gasteiger charge is 2.23. The van der Waals surface area contributed by atoms with Gasteiger partial charge in [-0.3, -0.25) is 9.10 Å². The molecule has 1 amide bonds. The molecule has 1 heterocycles. The fourth-order valence-corrected chi connectivity index (χ4v) is 5.29. The van der Waals surface area contributed by atoms with Gasteiger partial charge in [-0.15, -0.1) is 0 Å². The molecule has 3 rings (SSSR count). The van der Waals surface area contributed by atoms with Gasteiger partial charge in [-0.2, -0.15) is 5.10 Å². The molecule has 0 bridgehead atoms. The summed E-state index contributed by atoms with van der Waals surface area (Å²) in [6.45, 7) is 11.5. The zero-order chi connectivity index (χ0) is 25.2. The summed E-state index contributed by atoms with van der Waals surface area (Å²) in [5.74, 6) is -0.520. The zero-order valence-corrected chi connectivity index (χ0v) is 21.6. The first-order valence-electron chi connectivity index (χ1n) is 11.0. The van der Waals surface area contributed by atoms with E-state index in [4.69, 9.17) is 0 Å². The number of carbonyl (C=O) groups excluding carboxylic acids is 1. The lowest BCUT2D eigenvalue weighted by molar-refractivity contribution is -0.119. The minimum Gasteiger partial charge on any atom is -0.317 e. The number of amides is 1. The normalized spacial score (nSPS) is 11.7. The van der Waals surface area contributed by atoms with Gasteiger partial charge in [0, 0.05) is 17.0 Å². The van der Waals surface area contributed by atoms with E-state index in [1.807, 2.05) is 58.0 Å². The highest BCUT2D eigenvalue weighted by molar-refractivity contribution is 7.92. The summed E-state index contributed by atoms with van der Waals surface area (Å²) in [6.07, 6.45) is 2.69. The van der Waals surface area contributed by atoms with Gasteiger partial charge in [-0.25, -0.2) is 13.8 Å². The standard InChI is InChI=1S/C26H32N4O3S/c1-17-10-8-11-18(2)25(17)29(34(7,32)33)16-24(31)28-27-15-23-14-21(5)30(22(23)6)26-19(3)12-9-13-20(26)4/h8-15H,16H2,1-7H3,(H,28,31)/b27-15+. The monoisotopic (exact) mass is 480 g/mol. The number of para-hydroxylation sites is 2. The van der Waals surface area contributed by atoms with Crippen molar-refractivity contribution in [1.82, 2.24) is 9.99 Å². The molecule has 0 aliphatic rings. The van der Waals surface area contributed by atoms with E-state index in [0.29, 0.717) is 5.69 Å². The Morgan fingerprint density at radius 1 is 0.971 bits per heavy atom. The molecule has 1 aromatic heterocycles. The average Bonchev–Trinajstić information content (AvgIpc) is 3.00. The van der Waals surface area contributed by atoms with Crippen molar-refractivity contribution in [1.29, 1.82) is 0 Å². The van der Waals surface area contributed by atoms with Gasteiger partial charge in [-0.1, -0.05) is 36.4 Å². The van der Waals surface area contributed by atoms with E-state index < -0.39 is 15.9 Å². The lowest BCUT2D eigenvalue weighted by Crippen LogP contribution is -2.39. The Bertz CT molecular complexity index is 1330. The van der Waals surface area contributed by atoms with Crippen LogP contribution in [0.3, 0.4) is 0 Å². The number of hydrogen-bond acceptors (Lipinski definition) is 4. The minimum absolute atomic E-state index is 0.358. The van der Waals surface area contributed by atoms with Crippen LogP contribution in [-0.4, -0.2) is 37.9 Å². The number of anilines is 1. The summed E-state index contributed by atoms with van der Waals surface area (Å²) in [6, 6.07) is 13.7. The number of carbonyl (C=O) groups is 1. The van der Waals surface area contributed by atoms with Crippen LogP contribution in [0.2, 0.25) is 0 Å². The summed E-state index contributed by atoms with van der Waals surface area (Å²) in [7, 11) is -3.67. The molecule has 0 radical (unpaired) electrons. The SMILES string of the molecule is Cc1cccc(C)c1N(CC(=O)N/N=C/c1cc(C)n(-c2c(C)cccc2C)c1C)S(C)(=O)=O. The smallest absolute Gasteiger partial charge is 0.260 e. The van der Waals surface area contributed by atoms with Gasteiger partial charge >= 0.3 is 0 Å². The van der Waals surface area contributed by atoms with E-state index in [0.717, 1.165) is 44.3 Å². The van der Waals surface area contributed by atoms with Crippen LogP contribution in [-0.2, 0) is 14.8 Å². The first-order valence-corrected chi connectivity index (χ1v) is 12.9. The second-order valence-electron chi connectivity index (χ2n) is 8.71. The molecule has 0 fully saturated rings. The van der Waals surface area contributed by atoms with Crippen LogP contribution < -0.4 is 9.73 Å². The highest BCUT2D eigenvalue weighted by Crippen LogP contribution is 2.27. The van der Waals surface area contributed by atoms with Crippen molar-refractivity contribution in [3.8, 4) is 5.69 Å². The maximum absolute atomic E-state index is 12.6. The van der Waals surface area contributed by atoms with E-state index in [1.54, 1.807) is 6.21 Å². The van der Waals surface area contributed by atoms with Crippen LogP contribution in [0.25, 0.3) is 5.69 Å². The van der Waals surface area contributed by atoms with Gasteiger partial charge in [0.05, 0.1) is 23.8 Å². The van der Waals surface area contributed by atoms with Crippen LogP contribution in [0, 0.1) is 41.5 Å². The molecule has 0 saturated carbocycles. The van der Waals surface area contributed by atoms with Crippen LogP contribution in [0.4, 0.5) is 5.69 Å². The van der Waals surface area contributed by atoms with E-state index >= 15 is 0 Å². The second-order valence-corrected chi connectivity index (χ2v) is 10.6. The van der Waals surface area contributed by atoms with Crippen LogP contribution >= 0.6 is 0 Å². The molecular formula is C26H32N4O3S. The molecule has 3 aromatic rings. The number of rotatable bonds is 7. The summed E-state index contributed by atoms with van der Waals surface area (Å²) in [5.41, 5.74) is 11.0. The van der Waals surface area contributed by atoms with Gasteiger partial charge < -0.3 is 4.57 Å². The zero-order valence-electron chi connectivity index (χ0n) is 20.8. The first kappa shape index (κ1) is 25.2. The molecule has 0 atom stereocenters. The Kier molecular flexibility index (Phi) is 7.31. The lowest BCUT2D eigenvalue weighted by Gasteiger charge is -2.25. The van der Waals surface area contributed by atoms with Crippen molar-refractivity contribution in [3.63, 3.8) is 0 Å². The number of nitrogens with one attached hydrogen (secondary N) is 1. The Morgan fingerprint density at radius 2 is 1.50 bits per heavy atom. The molecule has 0 saturated heterocycles. The van der Waals surface area contributed by atoms with Crippen molar-refractivity contribution in [2.24, 2.45) is 5.10 Å². The van der Waals surface area contributed by atoms with E-state index in [-0.39, 0.29) is 6.54 Å². The molecule has 7 nitrogen and oxygen atoms in total. The topological polar surface area (TPSA) is 83.8 Å². The number of hydrogen-bond donors (Lipinski definition) is 1. The average molecular weight is 481 g/mol. The number of aromatic nitrogens is 1. The molecule has 1 N–H and O–H groups in total. The minimum atomic E-state index is -3.67. The van der Waals surface area contributed by atoms with E-state index in [9.17, 15) is 13.2 Å². The Hall–Kier alpha value is -3.39. The van der Waals surface area contributed by atoms with Crippen molar-refractivity contribution in [2.75, 3.05) is 17.1 Å². The largest absolute Gasteiger partial charge is 0.317 e. The van der Waals surface area contributed by atoms with Crippen LogP contribution in [0.5, 0.6) is 0 Å². The number of sulfonamides is 1. The summed E-state index contributed by atoms with van der Waals surface area (Å²) in [5, 5.41) is 4.11. The van der Waals surface area contributed by atoms with Gasteiger partial charge in [0.25, 0.3) is 5.91 Å². The summed E-state index contributed by atoms with van der Waals surface area (Å²) < 4.78 is 28.2. The number of benzene rings is 2. The second kappa shape index (κ2) is 9.85. The molecule has 0 spiro atoms. The van der Waals surface area contributed by atoms with Crippen molar-refractivity contribution in [2.45, 2.75) is 41.5 Å². The predicted octanol–water partition coefficient (Wildman–Crippen LogP) is 4.24. The fraction of sp³-hybridized carbons (Fsp3) is 0.308. The third-order valence-electron chi connectivity index (χ3n) is 5.90. The van der Waals surface area contributed by atoms with Gasteiger partial charge in [0.1, 0.15) is 6.54 Å². The quantitative estimate of drug-likeness (QED) is 0.405. The third kappa shape index (κ3) is 5.22. The van der Waals surface area contributed by atoms with Gasteiger partial charge in [-0.05, 0) is 69.9 Å². The van der Waals surface area contributed by atoms with E-state index in [1.165, 1.54) is 11.1 Å². The van der Waals surface area contributed by atoms with E-state index in [2.05, 4.69) is 41.1 Å². The molecule has 0 aliphatic carbocycles. The molecule has 8 heteroatoms. The van der Waals surface area contributed by atoms with Crippen molar-refractivity contribution >= 4 is 27.8 Å². The molecule has 34 heavy (non-hydrogen) atoms. The molecule has 2 aromatic carbocycles. The fourth-order valence-electron chi connectivity index (χ4n) is 4.32. The molecule has 180 valence electrons. The van der Waals surface area contributed by atoms with Gasteiger partial charge in [0.15, 0.2) is 0 Å². The molecule has 0 unspecified atom stereocenters. The van der Waals surface area contributed by atoms with Crippen LogP contribution in [0.15, 0.2) is 47.6 Å². The molecular weight excluding hydrogens is 448 g/mol. The highest BCUT2D eigenvalue weighted by atomic mass is 32.2. The maximum Gasteiger partial charge on any atom is 0.260 e. The predicted molar refractivity (Wildman–Crippen MR) is 139 cm³/mol. The van der Waals surface area contributed by atoms with Crippen molar-refractivity contribution in [3.05, 3.63) is 81.7 Å². The van der Waals surface area contributed by atoms with Crippen molar-refractivity contribution < 1.29 is 13.2 Å². The number of nitrogens with zero attached hydrogens (tertiary/aromatic N) is 3. The first-order chi connectivity index (χ1) is 15.9. The molecule has 0 aliphatic heterocycles.